The Bertz CT molecular complexity index is 909. The number of rotatable bonds is 5. The minimum atomic E-state index is -0.303. The van der Waals surface area contributed by atoms with E-state index in [0.29, 0.717) is 26.6 Å². The van der Waals surface area contributed by atoms with Gasteiger partial charge < -0.3 is 4.57 Å². The molecule has 0 aliphatic heterocycles. The molecule has 0 spiro atoms. The van der Waals surface area contributed by atoms with Gasteiger partial charge in [-0.3, -0.25) is 4.79 Å². The second kappa shape index (κ2) is 7.60. The summed E-state index contributed by atoms with van der Waals surface area (Å²) in [5.41, 5.74) is 1.43. The number of nitrogens with zero attached hydrogens (tertiary/aromatic N) is 3. The van der Waals surface area contributed by atoms with Gasteiger partial charge in [-0.25, -0.2) is 0 Å². The molecule has 0 amide bonds. The van der Waals surface area contributed by atoms with Crippen molar-refractivity contribution in [3.63, 3.8) is 0 Å². The molecule has 0 aliphatic carbocycles. The van der Waals surface area contributed by atoms with E-state index >= 15 is 0 Å². The number of Topliss-reactive ketones (excluding diaryl/α,β-unsaturated/α-hetero) is 1. The zero-order valence-corrected chi connectivity index (χ0v) is 15.9. The Hall–Kier alpha value is -1.82. The van der Waals surface area contributed by atoms with Crippen molar-refractivity contribution in [1.29, 1.82) is 0 Å². The first kappa shape index (κ1) is 18.0. The number of hydrogen-bond donors (Lipinski definition) is 0. The van der Waals surface area contributed by atoms with Gasteiger partial charge in [-0.2, -0.15) is 0 Å². The molecular weight excluding hydrogens is 377 g/mol. The van der Waals surface area contributed by atoms with Crippen molar-refractivity contribution in [3.8, 4) is 11.4 Å². The van der Waals surface area contributed by atoms with Crippen LogP contribution < -0.4 is 0 Å². The van der Waals surface area contributed by atoms with Gasteiger partial charge in [0.1, 0.15) is 0 Å². The fourth-order valence-corrected chi connectivity index (χ4v) is 3.59. The lowest BCUT2D eigenvalue weighted by molar-refractivity contribution is 0.0994. The third-order valence-corrected chi connectivity index (χ3v) is 5.45. The highest BCUT2D eigenvalue weighted by molar-refractivity contribution is 8.00. The predicted molar refractivity (Wildman–Crippen MR) is 103 cm³/mol. The topological polar surface area (TPSA) is 47.8 Å². The van der Waals surface area contributed by atoms with Crippen molar-refractivity contribution >= 4 is 40.7 Å². The number of thioether (sulfide) groups is 1. The van der Waals surface area contributed by atoms with E-state index in [1.165, 1.54) is 11.8 Å². The quantitative estimate of drug-likeness (QED) is 0.445. The molecule has 128 valence electrons. The van der Waals surface area contributed by atoms with Crippen molar-refractivity contribution in [1.82, 2.24) is 14.8 Å². The van der Waals surface area contributed by atoms with Crippen LogP contribution in [0.4, 0.5) is 0 Å². The van der Waals surface area contributed by atoms with E-state index in [1.54, 1.807) is 24.3 Å². The van der Waals surface area contributed by atoms with Gasteiger partial charge in [-0.15, -0.1) is 10.2 Å². The third kappa shape index (κ3) is 3.89. The normalized spacial score (nSPS) is 12.2. The third-order valence-electron chi connectivity index (χ3n) is 3.73. The molecule has 25 heavy (non-hydrogen) atoms. The van der Waals surface area contributed by atoms with E-state index in [4.69, 9.17) is 23.2 Å². The van der Waals surface area contributed by atoms with Gasteiger partial charge in [0.2, 0.25) is 0 Å². The van der Waals surface area contributed by atoms with E-state index in [0.717, 1.165) is 5.56 Å². The molecule has 1 aromatic heterocycles. The maximum atomic E-state index is 12.6. The number of benzene rings is 2. The molecule has 0 saturated carbocycles. The summed E-state index contributed by atoms with van der Waals surface area (Å²) >= 11 is 13.5. The summed E-state index contributed by atoms with van der Waals surface area (Å²) in [4.78, 5) is 12.6. The highest BCUT2D eigenvalue weighted by Crippen LogP contribution is 2.30. The zero-order valence-electron chi connectivity index (χ0n) is 13.6. The van der Waals surface area contributed by atoms with Crippen LogP contribution in [0.25, 0.3) is 11.4 Å². The molecule has 0 radical (unpaired) electrons. The molecular formula is C18H15Cl2N3OS. The standard InChI is InChI=1S/C18H15Cl2N3OS/c1-11(16(24)12-7-9-13(19)10-8-12)25-18-22-21-17(23(18)2)14-5-3-4-6-15(14)20/h3-11H,1-2H3/t11-/m0/s1. The minimum absolute atomic E-state index is 0.0176. The van der Waals surface area contributed by atoms with Gasteiger partial charge in [0, 0.05) is 23.2 Å². The number of carbonyl (C=O) groups excluding carboxylic acids is 1. The van der Waals surface area contributed by atoms with E-state index in [-0.39, 0.29) is 11.0 Å². The Morgan fingerprint density at radius 3 is 2.44 bits per heavy atom. The Morgan fingerprint density at radius 1 is 1.08 bits per heavy atom. The Balaban J connectivity index is 1.81. The molecule has 3 aromatic rings. The van der Waals surface area contributed by atoms with Crippen LogP contribution >= 0.6 is 35.0 Å². The molecule has 0 unspecified atom stereocenters. The lowest BCUT2D eigenvalue weighted by Gasteiger charge is -2.10. The van der Waals surface area contributed by atoms with Crippen molar-refractivity contribution < 1.29 is 4.79 Å². The van der Waals surface area contributed by atoms with Crippen LogP contribution in [-0.4, -0.2) is 25.8 Å². The number of ketones is 1. The zero-order chi connectivity index (χ0) is 18.0. The first-order chi connectivity index (χ1) is 12.0. The van der Waals surface area contributed by atoms with Crippen LogP contribution in [0.3, 0.4) is 0 Å². The predicted octanol–water partition coefficient (Wildman–Crippen LogP) is 5.15. The number of halogens is 2. The first-order valence-corrected chi connectivity index (χ1v) is 9.21. The maximum absolute atomic E-state index is 12.6. The summed E-state index contributed by atoms with van der Waals surface area (Å²) in [6.45, 7) is 1.85. The van der Waals surface area contributed by atoms with Crippen molar-refractivity contribution in [2.75, 3.05) is 0 Å². The van der Waals surface area contributed by atoms with Crippen LogP contribution in [0, 0.1) is 0 Å². The molecule has 0 saturated heterocycles. The summed E-state index contributed by atoms with van der Waals surface area (Å²) in [6, 6.07) is 14.4. The fraction of sp³-hybridized carbons (Fsp3) is 0.167. The Morgan fingerprint density at radius 2 is 1.76 bits per heavy atom. The van der Waals surface area contributed by atoms with Crippen LogP contribution in [0.5, 0.6) is 0 Å². The molecule has 0 aliphatic rings. The van der Waals surface area contributed by atoms with E-state index in [1.807, 2.05) is 42.8 Å². The maximum Gasteiger partial charge on any atom is 0.191 e. The Kier molecular flexibility index (Phi) is 5.47. The summed E-state index contributed by atoms with van der Waals surface area (Å²) in [5, 5.41) is 10.0. The number of aromatic nitrogens is 3. The van der Waals surface area contributed by atoms with Crippen LogP contribution in [-0.2, 0) is 7.05 Å². The van der Waals surface area contributed by atoms with Crippen LogP contribution in [0.1, 0.15) is 17.3 Å². The van der Waals surface area contributed by atoms with Gasteiger partial charge >= 0.3 is 0 Å². The molecule has 2 aromatic carbocycles. The highest BCUT2D eigenvalue weighted by atomic mass is 35.5. The van der Waals surface area contributed by atoms with Gasteiger partial charge in [-0.05, 0) is 43.3 Å². The van der Waals surface area contributed by atoms with Crippen molar-refractivity contribution in [2.45, 2.75) is 17.3 Å². The summed E-state index contributed by atoms with van der Waals surface area (Å²) in [6.07, 6.45) is 0. The highest BCUT2D eigenvalue weighted by Gasteiger charge is 2.21. The number of carbonyl (C=O) groups is 1. The monoisotopic (exact) mass is 391 g/mol. The fourth-order valence-electron chi connectivity index (χ4n) is 2.36. The molecule has 1 heterocycles. The van der Waals surface area contributed by atoms with Gasteiger partial charge in [0.15, 0.2) is 16.8 Å². The lowest BCUT2D eigenvalue weighted by atomic mass is 10.1. The first-order valence-electron chi connectivity index (χ1n) is 7.58. The van der Waals surface area contributed by atoms with Crippen LogP contribution in [0.15, 0.2) is 53.7 Å². The largest absolute Gasteiger partial charge is 0.305 e. The van der Waals surface area contributed by atoms with E-state index in [2.05, 4.69) is 10.2 Å². The lowest BCUT2D eigenvalue weighted by Crippen LogP contribution is -2.14. The van der Waals surface area contributed by atoms with Crippen LogP contribution in [0.2, 0.25) is 10.0 Å². The Labute approximate surface area is 160 Å². The average molecular weight is 392 g/mol. The SMILES string of the molecule is C[C@H](Sc1nnc(-c2ccccc2Cl)n1C)C(=O)c1ccc(Cl)cc1. The molecule has 1 atom stereocenters. The molecule has 0 fully saturated rings. The van der Waals surface area contributed by atoms with Gasteiger partial charge in [0.25, 0.3) is 0 Å². The van der Waals surface area contributed by atoms with E-state index in [9.17, 15) is 4.79 Å². The second-order valence-corrected chi connectivity index (χ2v) is 7.63. The summed E-state index contributed by atoms with van der Waals surface area (Å²) < 4.78 is 1.84. The average Bonchev–Trinajstić information content (AvgIpc) is 2.96. The van der Waals surface area contributed by atoms with Crippen molar-refractivity contribution in [3.05, 3.63) is 64.1 Å². The smallest absolute Gasteiger partial charge is 0.191 e. The summed E-state index contributed by atoms with van der Waals surface area (Å²) in [7, 11) is 1.86. The molecule has 3 rings (SSSR count). The van der Waals surface area contributed by atoms with Gasteiger partial charge in [0.05, 0.1) is 10.3 Å². The van der Waals surface area contributed by atoms with E-state index < -0.39 is 0 Å². The molecule has 4 nitrogen and oxygen atoms in total. The second-order valence-electron chi connectivity index (χ2n) is 5.48. The molecule has 0 bridgehead atoms. The number of hydrogen-bond acceptors (Lipinski definition) is 4. The summed E-state index contributed by atoms with van der Waals surface area (Å²) in [5.74, 6) is 0.684. The minimum Gasteiger partial charge on any atom is -0.305 e. The van der Waals surface area contributed by atoms with Gasteiger partial charge in [-0.1, -0.05) is 47.1 Å². The molecule has 0 N–H and O–H groups in total. The van der Waals surface area contributed by atoms with Crippen molar-refractivity contribution in [2.24, 2.45) is 7.05 Å². The molecule has 7 heteroatoms.